The highest BCUT2D eigenvalue weighted by atomic mass is 35.5. The Balaban J connectivity index is 1.76. The number of thiazole rings is 1. The van der Waals surface area contributed by atoms with E-state index < -0.39 is 0 Å². The number of furan rings is 1. The second-order valence-electron chi connectivity index (χ2n) is 4.45. The van der Waals surface area contributed by atoms with E-state index in [9.17, 15) is 0 Å². The van der Waals surface area contributed by atoms with Gasteiger partial charge < -0.3 is 4.42 Å². The third-order valence-corrected chi connectivity index (χ3v) is 4.40. The Hall–Kier alpha value is -1.82. The molecule has 0 aliphatic rings. The molecule has 0 bridgehead atoms. The van der Waals surface area contributed by atoms with Gasteiger partial charge >= 0.3 is 0 Å². The van der Waals surface area contributed by atoms with Gasteiger partial charge in [0, 0.05) is 10.9 Å². The summed E-state index contributed by atoms with van der Waals surface area (Å²) in [6, 6.07) is 9.10. The van der Waals surface area contributed by atoms with Gasteiger partial charge in [0.15, 0.2) is 0 Å². The maximum atomic E-state index is 6.03. The number of nitrogens with one attached hydrogen (secondary N) is 1. The molecule has 0 radical (unpaired) electrons. The first-order valence-electron chi connectivity index (χ1n) is 6.38. The van der Waals surface area contributed by atoms with Gasteiger partial charge in [-0.05, 0) is 31.2 Å². The molecule has 2 aromatic heterocycles. The molecule has 0 unspecified atom stereocenters. The van der Waals surface area contributed by atoms with Crippen molar-refractivity contribution in [3.8, 4) is 11.3 Å². The molecule has 0 fully saturated rings. The smallest absolute Gasteiger partial charge is 0.203 e. The number of benzene rings is 1. The maximum absolute atomic E-state index is 6.03. The van der Waals surface area contributed by atoms with Crippen molar-refractivity contribution in [3.63, 3.8) is 0 Å². The van der Waals surface area contributed by atoms with Gasteiger partial charge in [0.1, 0.15) is 11.5 Å². The van der Waals surface area contributed by atoms with Gasteiger partial charge in [0.25, 0.3) is 0 Å². The first-order chi connectivity index (χ1) is 10.6. The molecular formula is C15H11Cl2N3OS. The van der Waals surface area contributed by atoms with Crippen LogP contribution in [0.3, 0.4) is 0 Å². The minimum atomic E-state index is 0.508. The average Bonchev–Trinajstić information content (AvgIpc) is 3.19. The Morgan fingerprint density at radius 2 is 2.14 bits per heavy atom. The molecule has 2 heterocycles. The van der Waals surface area contributed by atoms with Crippen LogP contribution in [0.5, 0.6) is 0 Å². The lowest BCUT2D eigenvalue weighted by atomic mass is 10.2. The fourth-order valence-corrected chi connectivity index (χ4v) is 2.74. The van der Waals surface area contributed by atoms with Crippen LogP contribution in [-0.4, -0.2) is 10.7 Å². The molecule has 0 atom stereocenters. The van der Waals surface area contributed by atoms with E-state index in [1.807, 2.05) is 30.5 Å². The molecule has 0 aliphatic carbocycles. The molecule has 7 heteroatoms. The number of anilines is 1. The molecule has 0 saturated carbocycles. The van der Waals surface area contributed by atoms with Gasteiger partial charge in [-0.1, -0.05) is 29.3 Å². The summed E-state index contributed by atoms with van der Waals surface area (Å²) in [7, 11) is 0. The Morgan fingerprint density at radius 3 is 2.86 bits per heavy atom. The van der Waals surface area contributed by atoms with E-state index in [1.54, 1.807) is 18.4 Å². The molecule has 22 heavy (non-hydrogen) atoms. The highest BCUT2D eigenvalue weighted by Gasteiger charge is 2.07. The van der Waals surface area contributed by atoms with Crippen molar-refractivity contribution in [2.45, 2.75) is 6.92 Å². The molecule has 4 nitrogen and oxygen atoms in total. The molecule has 0 saturated heterocycles. The molecule has 0 amide bonds. The van der Waals surface area contributed by atoms with E-state index >= 15 is 0 Å². The normalized spacial score (nSPS) is 11.7. The van der Waals surface area contributed by atoms with Gasteiger partial charge in [-0.15, -0.1) is 11.3 Å². The first kappa shape index (κ1) is 15.1. The highest BCUT2D eigenvalue weighted by Crippen LogP contribution is 2.30. The topological polar surface area (TPSA) is 50.4 Å². The zero-order valence-corrected chi connectivity index (χ0v) is 13.8. The Morgan fingerprint density at radius 1 is 1.27 bits per heavy atom. The van der Waals surface area contributed by atoms with Crippen LogP contribution in [0.1, 0.15) is 12.7 Å². The number of halogens is 2. The third-order valence-electron chi connectivity index (χ3n) is 2.92. The van der Waals surface area contributed by atoms with Gasteiger partial charge in [-0.3, -0.25) is 5.43 Å². The Bertz CT molecular complexity index is 812. The molecule has 3 rings (SSSR count). The van der Waals surface area contributed by atoms with E-state index in [4.69, 9.17) is 27.6 Å². The predicted molar refractivity (Wildman–Crippen MR) is 92.1 cm³/mol. The van der Waals surface area contributed by atoms with Crippen LogP contribution in [0.15, 0.2) is 51.5 Å². The quantitative estimate of drug-likeness (QED) is 0.495. The highest BCUT2D eigenvalue weighted by molar-refractivity contribution is 7.14. The van der Waals surface area contributed by atoms with Crippen molar-refractivity contribution in [2.75, 3.05) is 5.43 Å². The van der Waals surface area contributed by atoms with Gasteiger partial charge in [0.05, 0.1) is 22.0 Å². The summed E-state index contributed by atoms with van der Waals surface area (Å²) in [5.74, 6) is 0.716. The first-order valence-corrected chi connectivity index (χ1v) is 8.02. The summed E-state index contributed by atoms with van der Waals surface area (Å²) in [4.78, 5) is 4.47. The van der Waals surface area contributed by atoms with Crippen molar-refractivity contribution in [2.24, 2.45) is 5.10 Å². The minimum Gasteiger partial charge on any atom is -0.463 e. The zero-order chi connectivity index (χ0) is 15.5. The van der Waals surface area contributed by atoms with Crippen LogP contribution < -0.4 is 5.43 Å². The van der Waals surface area contributed by atoms with Crippen LogP contribution in [-0.2, 0) is 0 Å². The van der Waals surface area contributed by atoms with Crippen LogP contribution in [0.2, 0.25) is 10.0 Å². The second kappa shape index (κ2) is 6.52. The van der Waals surface area contributed by atoms with Crippen LogP contribution >= 0.6 is 34.5 Å². The minimum absolute atomic E-state index is 0.508. The number of hydrazone groups is 1. The number of rotatable bonds is 4. The van der Waals surface area contributed by atoms with Gasteiger partial charge in [-0.2, -0.15) is 5.10 Å². The van der Waals surface area contributed by atoms with E-state index in [2.05, 4.69) is 15.5 Å². The summed E-state index contributed by atoms with van der Waals surface area (Å²) >= 11 is 13.4. The average molecular weight is 352 g/mol. The van der Waals surface area contributed by atoms with Crippen LogP contribution in [0.4, 0.5) is 5.13 Å². The SMILES string of the molecule is C/C(=N\Nc1nc(-c2ccc(Cl)c(Cl)c2)cs1)c1ccco1. The molecule has 0 aliphatic heterocycles. The lowest BCUT2D eigenvalue weighted by Gasteiger charge is -2.00. The summed E-state index contributed by atoms with van der Waals surface area (Å²) in [5.41, 5.74) is 5.40. The van der Waals surface area contributed by atoms with Crippen molar-refractivity contribution >= 4 is 45.4 Å². The van der Waals surface area contributed by atoms with Crippen molar-refractivity contribution in [1.82, 2.24) is 4.98 Å². The fraction of sp³-hybridized carbons (Fsp3) is 0.0667. The number of hydrogen-bond acceptors (Lipinski definition) is 5. The predicted octanol–water partition coefficient (Wildman–Crippen LogP) is 5.55. The van der Waals surface area contributed by atoms with E-state index in [0.29, 0.717) is 20.9 Å². The summed E-state index contributed by atoms with van der Waals surface area (Å²) in [6.07, 6.45) is 1.61. The molecule has 1 N–H and O–H groups in total. The largest absolute Gasteiger partial charge is 0.463 e. The maximum Gasteiger partial charge on any atom is 0.203 e. The fourth-order valence-electron chi connectivity index (χ4n) is 1.78. The Labute approximate surface area is 141 Å². The molecule has 0 spiro atoms. The van der Waals surface area contributed by atoms with E-state index in [-0.39, 0.29) is 0 Å². The summed E-state index contributed by atoms with van der Waals surface area (Å²) in [6.45, 7) is 1.86. The monoisotopic (exact) mass is 351 g/mol. The summed E-state index contributed by atoms with van der Waals surface area (Å²) in [5, 5.41) is 7.90. The number of nitrogens with zero attached hydrogens (tertiary/aromatic N) is 2. The molecular weight excluding hydrogens is 341 g/mol. The lowest BCUT2D eigenvalue weighted by Crippen LogP contribution is -1.97. The van der Waals surface area contributed by atoms with Crippen LogP contribution in [0.25, 0.3) is 11.3 Å². The second-order valence-corrected chi connectivity index (χ2v) is 6.13. The van der Waals surface area contributed by atoms with E-state index in [0.717, 1.165) is 17.0 Å². The van der Waals surface area contributed by atoms with Crippen molar-refractivity contribution < 1.29 is 4.42 Å². The number of hydrogen-bond donors (Lipinski definition) is 1. The van der Waals surface area contributed by atoms with Crippen LogP contribution in [0, 0.1) is 0 Å². The lowest BCUT2D eigenvalue weighted by molar-refractivity contribution is 0.557. The number of aromatic nitrogens is 1. The summed E-state index contributed by atoms with van der Waals surface area (Å²) < 4.78 is 5.27. The van der Waals surface area contributed by atoms with Gasteiger partial charge in [0.2, 0.25) is 5.13 Å². The molecule has 1 aromatic carbocycles. The molecule has 3 aromatic rings. The zero-order valence-electron chi connectivity index (χ0n) is 11.5. The molecule has 112 valence electrons. The Kier molecular flexibility index (Phi) is 4.47. The van der Waals surface area contributed by atoms with Gasteiger partial charge in [-0.25, -0.2) is 4.98 Å². The third kappa shape index (κ3) is 3.32. The van der Waals surface area contributed by atoms with E-state index in [1.165, 1.54) is 11.3 Å². The van der Waals surface area contributed by atoms with Crippen molar-refractivity contribution in [3.05, 3.63) is 57.8 Å². The van der Waals surface area contributed by atoms with Crippen molar-refractivity contribution in [1.29, 1.82) is 0 Å². The standard InChI is InChI=1S/C15H11Cl2N3OS/c1-9(14-3-2-6-21-14)19-20-15-18-13(8-22-15)10-4-5-11(16)12(17)7-10/h2-8H,1H3,(H,18,20)/b19-9+.